The molecule has 0 spiro atoms. The molecule has 0 aliphatic carbocycles. The third-order valence-corrected chi connectivity index (χ3v) is 6.79. The number of benzene rings is 2. The third kappa shape index (κ3) is 5.51. The second-order valence-electron chi connectivity index (χ2n) is 8.49. The van der Waals surface area contributed by atoms with Gasteiger partial charge in [-0.1, -0.05) is 54.6 Å². The van der Waals surface area contributed by atoms with Crippen molar-refractivity contribution in [2.24, 2.45) is 0 Å². The highest BCUT2D eigenvalue weighted by molar-refractivity contribution is 7.99. The lowest BCUT2D eigenvalue weighted by molar-refractivity contribution is -0.139. The van der Waals surface area contributed by atoms with Gasteiger partial charge in [0, 0.05) is 11.4 Å². The molecule has 9 heteroatoms. The van der Waals surface area contributed by atoms with E-state index in [9.17, 15) is 4.79 Å². The Hall–Kier alpha value is -3.46. The molecule has 1 aromatic heterocycles. The second kappa shape index (κ2) is 11.5. The lowest BCUT2D eigenvalue weighted by atomic mass is 9.95. The van der Waals surface area contributed by atoms with Crippen LogP contribution in [-0.4, -0.2) is 40.2 Å². The number of allylic oxidation sites excluding steroid dienone is 1. The molecule has 1 aliphatic rings. The molecule has 0 bridgehead atoms. The van der Waals surface area contributed by atoms with E-state index in [2.05, 4.69) is 36.3 Å². The summed E-state index contributed by atoms with van der Waals surface area (Å²) in [6, 6.07) is 13.4. The van der Waals surface area contributed by atoms with Crippen molar-refractivity contribution >= 4 is 23.7 Å². The first-order valence-corrected chi connectivity index (χ1v) is 13.0. The van der Waals surface area contributed by atoms with E-state index >= 15 is 0 Å². The molecule has 0 saturated carbocycles. The van der Waals surface area contributed by atoms with E-state index in [1.807, 2.05) is 37.3 Å². The molecule has 1 unspecified atom stereocenters. The average Bonchev–Trinajstić information content (AvgIpc) is 3.27. The first kappa shape index (κ1) is 25.6. The number of aryl methyl sites for hydroxylation is 1. The number of hydrogen-bond donors (Lipinski definition) is 1. The Balaban J connectivity index is 1.70. The van der Waals surface area contributed by atoms with Crippen molar-refractivity contribution in [2.45, 2.75) is 51.9 Å². The summed E-state index contributed by atoms with van der Waals surface area (Å²) in [5.74, 6) is 2.29. The van der Waals surface area contributed by atoms with E-state index in [0.29, 0.717) is 40.5 Å². The van der Waals surface area contributed by atoms with Crippen LogP contribution in [0.4, 0.5) is 5.95 Å². The van der Waals surface area contributed by atoms with Crippen molar-refractivity contribution in [3.8, 4) is 11.5 Å². The van der Waals surface area contributed by atoms with Crippen LogP contribution >= 0.6 is 11.8 Å². The van der Waals surface area contributed by atoms with Gasteiger partial charge in [0.2, 0.25) is 11.1 Å². The van der Waals surface area contributed by atoms with Crippen LogP contribution in [0.15, 0.2) is 58.9 Å². The third-order valence-electron chi connectivity index (χ3n) is 5.74. The van der Waals surface area contributed by atoms with Crippen molar-refractivity contribution in [1.82, 2.24) is 14.8 Å². The molecule has 36 heavy (non-hydrogen) atoms. The maximum Gasteiger partial charge on any atom is 0.338 e. The standard InChI is InChI=1S/C27H32N4O4S/c1-6-13-36-27-29-26-28-18(4)23(25(32)34-7-2)24(31(26)30-27)20-11-12-21(22(15-20)33-5)35-16-19-10-8-9-17(3)14-19/h8-12,14-15,24H,6-7,13,16H2,1-5H3,(H,28,29,30). The molecule has 2 aromatic carbocycles. The van der Waals surface area contributed by atoms with Gasteiger partial charge >= 0.3 is 5.97 Å². The number of carbonyl (C=O) groups is 1. The molecule has 0 fully saturated rings. The number of anilines is 1. The Labute approximate surface area is 216 Å². The summed E-state index contributed by atoms with van der Waals surface area (Å²) in [4.78, 5) is 17.7. The number of carbonyl (C=O) groups excluding carboxylic acids is 1. The fourth-order valence-corrected chi connectivity index (χ4v) is 4.79. The molecular weight excluding hydrogens is 476 g/mol. The molecule has 0 radical (unpaired) electrons. The Bertz CT molecular complexity index is 1270. The topological polar surface area (TPSA) is 87.5 Å². The smallest absolute Gasteiger partial charge is 0.338 e. The minimum absolute atomic E-state index is 0.277. The highest BCUT2D eigenvalue weighted by Crippen LogP contribution is 2.40. The maximum absolute atomic E-state index is 13.0. The quantitative estimate of drug-likeness (QED) is 0.283. The van der Waals surface area contributed by atoms with Crippen LogP contribution in [0.2, 0.25) is 0 Å². The number of thioether (sulfide) groups is 1. The first-order chi connectivity index (χ1) is 17.4. The molecule has 1 aliphatic heterocycles. The van der Waals surface area contributed by atoms with Gasteiger partial charge in [-0.2, -0.15) is 4.98 Å². The summed E-state index contributed by atoms with van der Waals surface area (Å²) in [6.45, 7) is 8.51. The Kier molecular flexibility index (Phi) is 8.20. The zero-order chi connectivity index (χ0) is 25.7. The lowest BCUT2D eigenvalue weighted by Gasteiger charge is -2.28. The van der Waals surface area contributed by atoms with E-state index in [1.165, 1.54) is 5.56 Å². The summed E-state index contributed by atoms with van der Waals surface area (Å²) in [6.07, 6.45) is 1.01. The van der Waals surface area contributed by atoms with Gasteiger partial charge in [-0.15, -0.1) is 5.10 Å². The van der Waals surface area contributed by atoms with E-state index in [-0.39, 0.29) is 6.61 Å². The van der Waals surface area contributed by atoms with Gasteiger partial charge in [-0.25, -0.2) is 9.48 Å². The van der Waals surface area contributed by atoms with Crippen LogP contribution in [0.1, 0.15) is 49.9 Å². The van der Waals surface area contributed by atoms with Crippen LogP contribution in [0.3, 0.4) is 0 Å². The van der Waals surface area contributed by atoms with Crippen LogP contribution in [0.5, 0.6) is 11.5 Å². The number of ether oxygens (including phenoxy) is 3. The van der Waals surface area contributed by atoms with Gasteiger partial charge in [0.15, 0.2) is 11.5 Å². The zero-order valence-corrected chi connectivity index (χ0v) is 22.1. The van der Waals surface area contributed by atoms with Gasteiger partial charge in [0.05, 0.1) is 19.3 Å². The fraction of sp³-hybridized carbons (Fsp3) is 0.370. The van der Waals surface area contributed by atoms with Gasteiger partial charge in [-0.3, -0.25) is 0 Å². The summed E-state index contributed by atoms with van der Waals surface area (Å²) < 4.78 is 18.9. The predicted molar refractivity (Wildman–Crippen MR) is 141 cm³/mol. The number of fused-ring (bicyclic) bond motifs is 1. The van der Waals surface area contributed by atoms with Crippen molar-refractivity contribution < 1.29 is 19.0 Å². The van der Waals surface area contributed by atoms with E-state index in [1.54, 1.807) is 30.5 Å². The molecule has 1 atom stereocenters. The largest absolute Gasteiger partial charge is 0.493 e. The van der Waals surface area contributed by atoms with Crippen LogP contribution < -0.4 is 14.8 Å². The molecule has 1 N–H and O–H groups in total. The second-order valence-corrected chi connectivity index (χ2v) is 9.55. The number of hydrogen-bond acceptors (Lipinski definition) is 8. The monoisotopic (exact) mass is 508 g/mol. The number of methoxy groups -OCH3 is 1. The van der Waals surface area contributed by atoms with E-state index in [4.69, 9.17) is 19.3 Å². The molecule has 4 rings (SSSR count). The minimum atomic E-state index is -0.525. The highest BCUT2D eigenvalue weighted by Gasteiger charge is 2.35. The number of nitrogens with zero attached hydrogens (tertiary/aromatic N) is 3. The Morgan fingerprint density at radius 3 is 2.69 bits per heavy atom. The molecule has 8 nitrogen and oxygen atoms in total. The van der Waals surface area contributed by atoms with Crippen LogP contribution in [0.25, 0.3) is 0 Å². The maximum atomic E-state index is 13.0. The molecular formula is C27H32N4O4S. The number of esters is 1. The zero-order valence-electron chi connectivity index (χ0n) is 21.3. The lowest BCUT2D eigenvalue weighted by Crippen LogP contribution is -2.29. The van der Waals surface area contributed by atoms with E-state index in [0.717, 1.165) is 23.3 Å². The molecule has 190 valence electrons. The average molecular weight is 509 g/mol. The Morgan fingerprint density at radius 2 is 1.97 bits per heavy atom. The van der Waals surface area contributed by atoms with Crippen molar-refractivity contribution in [2.75, 3.05) is 24.8 Å². The van der Waals surface area contributed by atoms with Gasteiger partial charge < -0.3 is 19.5 Å². The first-order valence-electron chi connectivity index (χ1n) is 12.1. The van der Waals surface area contributed by atoms with Crippen molar-refractivity contribution in [3.63, 3.8) is 0 Å². The fourth-order valence-electron chi connectivity index (χ4n) is 4.10. The highest BCUT2D eigenvalue weighted by atomic mass is 32.2. The van der Waals surface area contributed by atoms with Crippen molar-refractivity contribution in [1.29, 1.82) is 0 Å². The number of aromatic nitrogens is 3. The van der Waals surface area contributed by atoms with Gasteiger partial charge in [-0.05, 0) is 50.5 Å². The van der Waals surface area contributed by atoms with Crippen molar-refractivity contribution in [3.05, 3.63) is 70.4 Å². The number of nitrogens with one attached hydrogen (secondary N) is 1. The molecule has 2 heterocycles. The minimum Gasteiger partial charge on any atom is -0.493 e. The molecule has 0 saturated heterocycles. The molecule has 0 amide bonds. The van der Waals surface area contributed by atoms with Gasteiger partial charge in [0.1, 0.15) is 12.6 Å². The number of rotatable bonds is 10. The molecule has 3 aromatic rings. The summed E-state index contributed by atoms with van der Waals surface area (Å²) in [5, 5.41) is 8.61. The van der Waals surface area contributed by atoms with Crippen LogP contribution in [-0.2, 0) is 16.1 Å². The normalized spacial score (nSPS) is 14.8. The SMILES string of the molecule is CCCSc1nc2n(n1)C(c1ccc(OCc3cccc(C)c3)c(OC)c1)C(C(=O)OCC)=C(C)N2. The van der Waals surface area contributed by atoms with Crippen LogP contribution in [0, 0.1) is 6.92 Å². The summed E-state index contributed by atoms with van der Waals surface area (Å²) >= 11 is 1.59. The Morgan fingerprint density at radius 1 is 1.14 bits per heavy atom. The van der Waals surface area contributed by atoms with Gasteiger partial charge in [0.25, 0.3) is 0 Å². The summed E-state index contributed by atoms with van der Waals surface area (Å²) in [5.41, 5.74) is 4.24. The summed E-state index contributed by atoms with van der Waals surface area (Å²) in [7, 11) is 1.61. The van der Waals surface area contributed by atoms with E-state index < -0.39 is 12.0 Å². The predicted octanol–water partition coefficient (Wildman–Crippen LogP) is 5.53.